The first kappa shape index (κ1) is 14.2. The molecule has 1 saturated heterocycles. The number of nitrogens with zero attached hydrogens (tertiary/aromatic N) is 1. The molecule has 6 heteroatoms. The molecule has 1 atom stereocenters. The van der Waals surface area contributed by atoms with E-state index in [1.165, 1.54) is 4.90 Å². The van der Waals surface area contributed by atoms with E-state index in [-0.39, 0.29) is 56.9 Å². The molecule has 1 heterocycles. The van der Waals surface area contributed by atoms with Gasteiger partial charge in [-0.2, -0.15) is 8.78 Å². The van der Waals surface area contributed by atoms with E-state index in [0.717, 1.165) is 12.8 Å². The Morgan fingerprint density at radius 2 is 1.69 bits per heavy atom. The van der Waals surface area contributed by atoms with Crippen molar-refractivity contribution in [3.63, 3.8) is 0 Å². The molecule has 0 spiro atoms. The van der Waals surface area contributed by atoms with E-state index in [2.05, 4.69) is 0 Å². The first-order valence-corrected chi connectivity index (χ1v) is 3.53. The summed E-state index contributed by atoms with van der Waals surface area (Å²) in [7, 11) is -0.721. The van der Waals surface area contributed by atoms with Gasteiger partial charge in [0.05, 0.1) is 0 Å². The van der Waals surface area contributed by atoms with Gasteiger partial charge in [-0.15, -0.1) is 5.47 Å². The molecule has 0 aromatic carbocycles. The van der Waals surface area contributed by atoms with E-state index < -0.39 is 20.2 Å². The minimum absolute atomic E-state index is 0. The average molecular weight is 217 g/mol. The Hall–Kier alpha value is 1.19. The topological polar surface area (TPSA) is 3.24 Å². The monoisotopic (exact) mass is 217 g/mol. The summed E-state index contributed by atoms with van der Waals surface area (Å²) in [5.41, 5.74) is -0.197. The second kappa shape index (κ2) is 6.63. The standard InChI is InChI=1S/C7H12BF3N.K/c8-5(6(9)10)7(11)12-3-1-2-4-12;/h7H,1-4H2,8H3;/q-1;+1. The van der Waals surface area contributed by atoms with Gasteiger partial charge < -0.3 is 0 Å². The maximum Gasteiger partial charge on any atom is 1.00 e. The third kappa shape index (κ3) is 4.05. The van der Waals surface area contributed by atoms with Crippen LogP contribution in [0.25, 0.3) is 0 Å². The van der Waals surface area contributed by atoms with Crippen LogP contribution in [-0.4, -0.2) is 32.1 Å². The first-order valence-electron chi connectivity index (χ1n) is 3.53. The molecule has 1 unspecified atom stereocenters. The van der Waals surface area contributed by atoms with Gasteiger partial charge in [0.15, 0.2) is 0 Å². The fourth-order valence-electron chi connectivity index (χ4n) is 1.15. The predicted molar refractivity (Wildman–Crippen MR) is 44.9 cm³/mol. The molecule has 1 aliphatic rings. The molecule has 70 valence electrons. The molecule has 0 aromatic heterocycles. The third-order valence-electron chi connectivity index (χ3n) is 1.69. The zero-order chi connectivity index (χ0) is 9.14. The van der Waals surface area contributed by atoms with Crippen molar-refractivity contribution >= 4 is 7.85 Å². The fraction of sp³-hybridized carbons (Fsp3) is 0.714. The quantitative estimate of drug-likeness (QED) is 0.377. The Bertz CT molecular complexity index is 190. The Balaban J connectivity index is 0.00000144. The summed E-state index contributed by atoms with van der Waals surface area (Å²) < 4.78 is 37.2. The van der Waals surface area contributed by atoms with Crippen LogP contribution >= 0.6 is 0 Å². The van der Waals surface area contributed by atoms with E-state index in [4.69, 9.17) is 0 Å². The van der Waals surface area contributed by atoms with Crippen molar-refractivity contribution in [2.45, 2.75) is 19.1 Å². The van der Waals surface area contributed by atoms with Crippen molar-refractivity contribution < 1.29 is 64.6 Å². The summed E-state index contributed by atoms with van der Waals surface area (Å²) in [6.45, 7) is 1.26. The van der Waals surface area contributed by atoms with Crippen molar-refractivity contribution in [2.75, 3.05) is 13.1 Å². The fourth-order valence-corrected chi connectivity index (χ4v) is 1.15. The Labute approximate surface area is 120 Å². The largest absolute Gasteiger partial charge is 1.00 e. The first-order chi connectivity index (χ1) is 5.63. The molecular formula is C7H12BF3KN. The van der Waals surface area contributed by atoms with Gasteiger partial charge in [-0.1, -0.05) is 0 Å². The van der Waals surface area contributed by atoms with Crippen molar-refractivity contribution in [3.8, 4) is 0 Å². The molecule has 0 saturated carbocycles. The van der Waals surface area contributed by atoms with Crippen LogP contribution in [0, 0.1) is 0 Å². The van der Waals surface area contributed by atoms with Gasteiger partial charge >= 0.3 is 51.4 Å². The number of alkyl halides is 1. The van der Waals surface area contributed by atoms with Crippen LogP contribution in [0.2, 0.25) is 0 Å². The summed E-state index contributed by atoms with van der Waals surface area (Å²) in [4.78, 5) is 1.50. The maximum absolute atomic E-state index is 13.2. The molecule has 0 aromatic rings. The van der Waals surface area contributed by atoms with E-state index >= 15 is 0 Å². The van der Waals surface area contributed by atoms with Gasteiger partial charge in [0.1, 0.15) is 6.30 Å². The van der Waals surface area contributed by atoms with Gasteiger partial charge in [-0.25, -0.2) is 4.39 Å². The van der Waals surface area contributed by atoms with Crippen LogP contribution in [0.5, 0.6) is 0 Å². The van der Waals surface area contributed by atoms with Crippen molar-refractivity contribution in [2.24, 2.45) is 0 Å². The van der Waals surface area contributed by atoms with Crippen LogP contribution in [-0.2, 0) is 0 Å². The smallest absolute Gasteiger partial charge is 0.273 e. The number of likely N-dealkylation sites (tertiary alicyclic amines) is 1. The van der Waals surface area contributed by atoms with Gasteiger partial charge in [0.25, 0.3) is 0 Å². The van der Waals surface area contributed by atoms with Gasteiger partial charge in [0.2, 0.25) is 6.08 Å². The summed E-state index contributed by atoms with van der Waals surface area (Å²) >= 11 is 0. The molecule has 1 aliphatic heterocycles. The van der Waals surface area contributed by atoms with Crippen LogP contribution in [0.1, 0.15) is 12.8 Å². The Morgan fingerprint density at radius 1 is 1.23 bits per heavy atom. The molecule has 0 aliphatic carbocycles. The molecule has 0 N–H and O–H groups in total. The maximum atomic E-state index is 13.2. The van der Waals surface area contributed by atoms with E-state index in [0.29, 0.717) is 13.1 Å². The summed E-state index contributed by atoms with van der Waals surface area (Å²) in [5.74, 6) is 0. The average Bonchev–Trinajstić information content (AvgIpc) is 2.53. The van der Waals surface area contributed by atoms with Crippen LogP contribution in [0.15, 0.2) is 11.6 Å². The zero-order valence-corrected chi connectivity index (χ0v) is 10.1. The minimum atomic E-state index is -1.78. The van der Waals surface area contributed by atoms with Crippen molar-refractivity contribution in [1.82, 2.24) is 4.90 Å². The Morgan fingerprint density at radius 3 is 2.08 bits per heavy atom. The molecule has 1 fully saturated rings. The normalized spacial score (nSPS) is 19.4. The molecular weight excluding hydrogens is 205 g/mol. The summed E-state index contributed by atoms with van der Waals surface area (Å²) in [6.07, 6.45) is -1.39. The van der Waals surface area contributed by atoms with Crippen LogP contribution in [0.3, 0.4) is 0 Å². The SMILES string of the molecule is [BH3-]C(=C(F)F)C(F)N1CCCC1.[K+]. The molecule has 1 rings (SSSR count). The van der Waals surface area contributed by atoms with Gasteiger partial charge in [-0.05, 0) is 20.7 Å². The predicted octanol–water partition coefficient (Wildman–Crippen LogP) is -2.14. The summed E-state index contributed by atoms with van der Waals surface area (Å²) in [5, 5.41) is 0. The van der Waals surface area contributed by atoms with E-state index in [1.807, 2.05) is 0 Å². The van der Waals surface area contributed by atoms with E-state index in [9.17, 15) is 13.2 Å². The molecule has 0 amide bonds. The minimum Gasteiger partial charge on any atom is -0.273 e. The Kier molecular flexibility index (Phi) is 7.24. The van der Waals surface area contributed by atoms with Crippen LogP contribution < -0.4 is 51.4 Å². The van der Waals surface area contributed by atoms with Gasteiger partial charge in [-0.3, -0.25) is 4.90 Å². The van der Waals surface area contributed by atoms with Gasteiger partial charge in [0, 0.05) is 13.1 Å². The van der Waals surface area contributed by atoms with Crippen molar-refractivity contribution in [1.29, 1.82) is 0 Å². The molecule has 0 bridgehead atoms. The molecule has 0 radical (unpaired) electrons. The third-order valence-corrected chi connectivity index (χ3v) is 1.69. The number of rotatable bonds is 2. The second-order valence-electron chi connectivity index (χ2n) is 2.48. The van der Waals surface area contributed by atoms with Crippen molar-refractivity contribution in [3.05, 3.63) is 11.6 Å². The van der Waals surface area contributed by atoms with Crippen LogP contribution in [0.4, 0.5) is 13.2 Å². The number of hydrogen-bond donors (Lipinski definition) is 0. The number of halogens is 3. The molecule has 13 heavy (non-hydrogen) atoms. The van der Waals surface area contributed by atoms with E-state index in [1.54, 1.807) is 0 Å². The zero-order valence-electron chi connectivity index (χ0n) is 6.99. The second-order valence-corrected chi connectivity index (χ2v) is 2.48. The number of hydrogen-bond acceptors (Lipinski definition) is 1. The summed E-state index contributed by atoms with van der Waals surface area (Å²) in [6, 6.07) is 0. The molecule has 1 nitrogen and oxygen atoms in total.